The number of nitrogens with zero attached hydrogens (tertiary/aromatic N) is 5. The van der Waals surface area contributed by atoms with Gasteiger partial charge in [0, 0.05) is 13.0 Å². The predicted molar refractivity (Wildman–Crippen MR) is 114 cm³/mol. The minimum Gasteiger partial charge on any atom is -0.334 e. The quantitative estimate of drug-likeness (QED) is 0.291. The van der Waals surface area contributed by atoms with E-state index in [0.717, 1.165) is 16.5 Å². The van der Waals surface area contributed by atoms with E-state index in [1.165, 1.54) is 17.3 Å². The van der Waals surface area contributed by atoms with Gasteiger partial charge in [-0.2, -0.15) is 4.98 Å². The molecule has 0 aliphatic carbocycles. The fourth-order valence-corrected chi connectivity index (χ4v) is 3.86. The zero-order valence-electron chi connectivity index (χ0n) is 15.5. The normalized spacial score (nSPS) is 10.9. The molecule has 0 atom stereocenters. The van der Waals surface area contributed by atoms with Gasteiger partial charge in [0.1, 0.15) is 5.82 Å². The maximum Gasteiger partial charge on any atom is 0.259 e. The molecule has 0 unspecified atom stereocenters. The molecular formula is C21H18ClN5OS. The summed E-state index contributed by atoms with van der Waals surface area (Å²) in [5.74, 6) is 2.38. The molecule has 29 heavy (non-hydrogen) atoms. The summed E-state index contributed by atoms with van der Waals surface area (Å²) in [7, 11) is 0. The van der Waals surface area contributed by atoms with Gasteiger partial charge in [0.15, 0.2) is 11.0 Å². The van der Waals surface area contributed by atoms with E-state index in [9.17, 15) is 0 Å². The van der Waals surface area contributed by atoms with Crippen LogP contribution in [-0.4, -0.2) is 24.9 Å². The second kappa shape index (κ2) is 9.07. The fourth-order valence-electron chi connectivity index (χ4n) is 2.83. The third-order valence-corrected chi connectivity index (χ3v) is 5.51. The van der Waals surface area contributed by atoms with E-state index in [0.29, 0.717) is 35.5 Å². The molecular weight excluding hydrogens is 406 g/mol. The van der Waals surface area contributed by atoms with Crippen LogP contribution in [0.5, 0.6) is 0 Å². The zero-order chi connectivity index (χ0) is 20.1. The summed E-state index contributed by atoms with van der Waals surface area (Å²) in [6.45, 7) is 4.48. The van der Waals surface area contributed by atoms with Crippen LogP contribution >= 0.6 is 23.4 Å². The first-order valence-electron chi connectivity index (χ1n) is 9.02. The first-order valence-corrected chi connectivity index (χ1v) is 10.4. The van der Waals surface area contributed by atoms with Crippen molar-refractivity contribution in [2.75, 3.05) is 0 Å². The molecule has 0 radical (unpaired) electrons. The van der Waals surface area contributed by atoms with Crippen LogP contribution in [0.4, 0.5) is 0 Å². The van der Waals surface area contributed by atoms with E-state index in [-0.39, 0.29) is 0 Å². The van der Waals surface area contributed by atoms with Gasteiger partial charge in [-0.05, 0) is 17.7 Å². The molecule has 6 nitrogen and oxygen atoms in total. The van der Waals surface area contributed by atoms with E-state index in [2.05, 4.69) is 43.6 Å². The molecule has 4 rings (SSSR count). The number of rotatable bonds is 8. The van der Waals surface area contributed by atoms with Crippen LogP contribution in [0.3, 0.4) is 0 Å². The van der Waals surface area contributed by atoms with Gasteiger partial charge in [0.2, 0.25) is 0 Å². The van der Waals surface area contributed by atoms with Crippen molar-refractivity contribution < 1.29 is 4.52 Å². The lowest BCUT2D eigenvalue weighted by Gasteiger charge is -2.07. The first-order chi connectivity index (χ1) is 14.2. The van der Waals surface area contributed by atoms with E-state index in [1.54, 1.807) is 6.07 Å². The van der Waals surface area contributed by atoms with Crippen molar-refractivity contribution in [3.63, 3.8) is 0 Å². The summed E-state index contributed by atoms with van der Waals surface area (Å²) >= 11 is 7.71. The van der Waals surface area contributed by atoms with Gasteiger partial charge >= 0.3 is 0 Å². The number of allylic oxidation sites excluding steroid dienone is 1. The monoisotopic (exact) mass is 423 g/mol. The smallest absolute Gasteiger partial charge is 0.259 e. The van der Waals surface area contributed by atoms with Crippen LogP contribution in [0.25, 0.3) is 11.5 Å². The van der Waals surface area contributed by atoms with Crippen molar-refractivity contribution in [3.05, 3.63) is 89.5 Å². The number of halogens is 1. The summed E-state index contributed by atoms with van der Waals surface area (Å²) in [5.41, 5.74) is 1.90. The Kier molecular flexibility index (Phi) is 6.07. The van der Waals surface area contributed by atoms with Crippen molar-refractivity contribution in [2.24, 2.45) is 0 Å². The average molecular weight is 424 g/mol. The summed E-state index contributed by atoms with van der Waals surface area (Å²) in [6.07, 6.45) is 2.55. The Bertz CT molecular complexity index is 1110. The topological polar surface area (TPSA) is 69.6 Å². The van der Waals surface area contributed by atoms with Crippen molar-refractivity contribution in [2.45, 2.75) is 23.9 Å². The third kappa shape index (κ3) is 4.58. The number of benzene rings is 2. The predicted octanol–water partition coefficient (Wildman–Crippen LogP) is 5.05. The fraction of sp³-hybridized carbons (Fsp3) is 0.143. The zero-order valence-corrected chi connectivity index (χ0v) is 17.1. The number of aromatic nitrogens is 5. The van der Waals surface area contributed by atoms with Gasteiger partial charge in [0.05, 0.1) is 16.3 Å². The highest BCUT2D eigenvalue weighted by molar-refractivity contribution is 7.98. The van der Waals surface area contributed by atoms with Crippen molar-refractivity contribution in [1.29, 1.82) is 0 Å². The Morgan fingerprint density at radius 2 is 1.86 bits per heavy atom. The van der Waals surface area contributed by atoms with Gasteiger partial charge in [0.25, 0.3) is 5.89 Å². The van der Waals surface area contributed by atoms with E-state index in [1.807, 2.05) is 42.5 Å². The Balaban J connectivity index is 1.49. The Hall–Kier alpha value is -2.90. The minimum absolute atomic E-state index is 0.406. The summed E-state index contributed by atoms with van der Waals surface area (Å²) in [4.78, 5) is 4.45. The van der Waals surface area contributed by atoms with Crippen LogP contribution in [0.1, 0.15) is 17.2 Å². The maximum atomic E-state index is 6.20. The molecule has 2 aromatic carbocycles. The van der Waals surface area contributed by atoms with E-state index < -0.39 is 0 Å². The van der Waals surface area contributed by atoms with Crippen LogP contribution < -0.4 is 0 Å². The average Bonchev–Trinajstić information content (AvgIpc) is 3.36. The van der Waals surface area contributed by atoms with Crippen LogP contribution in [0.2, 0.25) is 5.02 Å². The highest BCUT2D eigenvalue weighted by Crippen LogP contribution is 2.27. The van der Waals surface area contributed by atoms with Gasteiger partial charge < -0.3 is 9.09 Å². The minimum atomic E-state index is 0.406. The molecule has 0 saturated carbocycles. The largest absolute Gasteiger partial charge is 0.334 e. The highest BCUT2D eigenvalue weighted by Gasteiger charge is 2.15. The molecule has 0 aliphatic rings. The molecule has 0 spiro atoms. The van der Waals surface area contributed by atoms with Gasteiger partial charge in [-0.15, -0.1) is 16.8 Å². The second-order valence-electron chi connectivity index (χ2n) is 6.24. The van der Waals surface area contributed by atoms with E-state index in [4.69, 9.17) is 16.1 Å². The number of hydrogen-bond acceptors (Lipinski definition) is 6. The van der Waals surface area contributed by atoms with Crippen LogP contribution in [0, 0.1) is 0 Å². The van der Waals surface area contributed by atoms with Gasteiger partial charge in [-0.3, -0.25) is 0 Å². The first kappa shape index (κ1) is 19.4. The molecule has 0 N–H and O–H groups in total. The lowest BCUT2D eigenvalue weighted by atomic mass is 10.1. The maximum absolute atomic E-state index is 6.20. The standard InChI is InChI=1S/C21H18ClN5OS/c1-2-12-27-19(13-15-8-4-3-5-9-15)24-25-21(27)29-14-18-23-20(28-26-18)16-10-6-7-11-17(16)22/h2-11H,1,12-14H2. The molecule has 2 aromatic heterocycles. The molecule has 0 aliphatic heterocycles. The second-order valence-corrected chi connectivity index (χ2v) is 7.59. The molecule has 8 heteroatoms. The van der Waals surface area contributed by atoms with Gasteiger partial charge in [-0.25, -0.2) is 0 Å². The molecule has 0 fully saturated rings. The van der Waals surface area contributed by atoms with Crippen LogP contribution in [-0.2, 0) is 18.7 Å². The number of hydrogen-bond donors (Lipinski definition) is 0. The number of thioether (sulfide) groups is 1. The Labute approximate surface area is 177 Å². The Morgan fingerprint density at radius 1 is 1.07 bits per heavy atom. The van der Waals surface area contributed by atoms with E-state index >= 15 is 0 Å². The Morgan fingerprint density at radius 3 is 2.66 bits per heavy atom. The summed E-state index contributed by atoms with van der Waals surface area (Å²) in [5, 5.41) is 14.1. The molecule has 0 saturated heterocycles. The van der Waals surface area contributed by atoms with Crippen molar-refractivity contribution in [3.8, 4) is 11.5 Å². The molecule has 4 aromatic rings. The van der Waals surface area contributed by atoms with Gasteiger partial charge in [-0.1, -0.05) is 77.1 Å². The molecule has 0 bridgehead atoms. The van der Waals surface area contributed by atoms with Crippen molar-refractivity contribution >= 4 is 23.4 Å². The molecule has 0 amide bonds. The molecule has 2 heterocycles. The molecule has 146 valence electrons. The van der Waals surface area contributed by atoms with Crippen molar-refractivity contribution in [1.82, 2.24) is 24.9 Å². The third-order valence-electron chi connectivity index (χ3n) is 4.21. The van der Waals surface area contributed by atoms with Crippen LogP contribution in [0.15, 0.2) is 76.9 Å². The lowest BCUT2D eigenvalue weighted by molar-refractivity contribution is 0.425. The SMILES string of the molecule is C=CCn1c(Cc2ccccc2)nnc1SCc1noc(-c2ccccc2Cl)n1. The lowest BCUT2D eigenvalue weighted by Crippen LogP contribution is -2.05. The highest BCUT2D eigenvalue weighted by atomic mass is 35.5. The summed E-state index contributed by atoms with van der Waals surface area (Å²) in [6, 6.07) is 17.6. The summed E-state index contributed by atoms with van der Waals surface area (Å²) < 4.78 is 7.42.